The minimum Gasteiger partial charge on any atom is -0.322 e. The predicted molar refractivity (Wildman–Crippen MR) is 105 cm³/mol. The molecule has 0 bridgehead atoms. The maximum atomic E-state index is 12.5. The first-order chi connectivity index (χ1) is 12.2. The lowest BCUT2D eigenvalue weighted by atomic mass is 10.0. The molecule has 140 valence electrons. The second-order valence-electron chi connectivity index (χ2n) is 7.00. The molecule has 2 aromatic rings. The first kappa shape index (κ1) is 20.1. The van der Waals surface area contributed by atoms with Crippen molar-refractivity contribution in [3.05, 3.63) is 59.7 Å². The number of carbonyl (C=O) groups excluding carboxylic acids is 1. The van der Waals surface area contributed by atoms with Crippen LogP contribution in [0.4, 0.5) is 5.69 Å². The van der Waals surface area contributed by atoms with Crippen molar-refractivity contribution in [2.24, 2.45) is 5.92 Å². The summed E-state index contributed by atoms with van der Waals surface area (Å²) in [6.45, 7) is 8.41. The Morgan fingerprint density at radius 1 is 1.00 bits per heavy atom. The third-order valence-electron chi connectivity index (χ3n) is 3.92. The molecule has 0 heterocycles. The van der Waals surface area contributed by atoms with Gasteiger partial charge in [0, 0.05) is 17.8 Å². The summed E-state index contributed by atoms with van der Waals surface area (Å²) in [5, 5.41) is 2.80. The number of hydrogen-bond donors (Lipinski definition) is 2. The topological polar surface area (TPSA) is 75.3 Å². The lowest BCUT2D eigenvalue weighted by Crippen LogP contribution is -2.27. The molecule has 0 fully saturated rings. The largest absolute Gasteiger partial charge is 0.322 e. The van der Waals surface area contributed by atoms with Crippen molar-refractivity contribution in [3.63, 3.8) is 0 Å². The van der Waals surface area contributed by atoms with Crippen LogP contribution in [0.2, 0.25) is 0 Å². The average Bonchev–Trinajstić information content (AvgIpc) is 2.60. The van der Waals surface area contributed by atoms with E-state index in [9.17, 15) is 13.2 Å². The van der Waals surface area contributed by atoms with Gasteiger partial charge in [-0.3, -0.25) is 4.79 Å². The Hall–Kier alpha value is -2.18. The van der Waals surface area contributed by atoms with E-state index >= 15 is 0 Å². The second-order valence-corrected chi connectivity index (χ2v) is 8.77. The summed E-state index contributed by atoms with van der Waals surface area (Å²) in [7, 11) is -3.63. The molecule has 0 radical (unpaired) electrons. The van der Waals surface area contributed by atoms with Gasteiger partial charge in [0.2, 0.25) is 10.0 Å². The van der Waals surface area contributed by atoms with Gasteiger partial charge in [-0.1, -0.05) is 45.9 Å². The van der Waals surface area contributed by atoms with Crippen molar-refractivity contribution in [1.82, 2.24) is 4.72 Å². The van der Waals surface area contributed by atoms with Crippen molar-refractivity contribution in [2.45, 2.75) is 38.5 Å². The molecule has 5 nitrogen and oxygen atoms in total. The monoisotopic (exact) mass is 374 g/mol. The summed E-state index contributed by atoms with van der Waals surface area (Å²) in [6, 6.07) is 13.7. The van der Waals surface area contributed by atoms with E-state index in [4.69, 9.17) is 0 Å². The quantitative estimate of drug-likeness (QED) is 0.769. The van der Waals surface area contributed by atoms with Crippen LogP contribution < -0.4 is 10.0 Å². The average molecular weight is 375 g/mol. The molecule has 2 N–H and O–H groups in total. The Kier molecular flexibility index (Phi) is 6.56. The van der Waals surface area contributed by atoms with Crippen LogP contribution in [0.3, 0.4) is 0 Å². The van der Waals surface area contributed by atoms with Gasteiger partial charge in [0.1, 0.15) is 0 Å². The molecule has 6 heteroatoms. The zero-order valence-corrected chi connectivity index (χ0v) is 16.4. The molecule has 26 heavy (non-hydrogen) atoms. The molecule has 0 saturated carbocycles. The lowest BCUT2D eigenvalue weighted by Gasteiger charge is -2.11. The molecule has 0 spiro atoms. The van der Waals surface area contributed by atoms with E-state index < -0.39 is 10.0 Å². The van der Waals surface area contributed by atoms with Crippen molar-refractivity contribution in [1.29, 1.82) is 0 Å². The Balaban J connectivity index is 2.15. The van der Waals surface area contributed by atoms with E-state index in [-0.39, 0.29) is 16.7 Å². The molecule has 0 aromatic heterocycles. The molecule has 0 aliphatic carbocycles. The Morgan fingerprint density at radius 2 is 1.65 bits per heavy atom. The molecular weight excluding hydrogens is 348 g/mol. The smallest absolute Gasteiger partial charge is 0.255 e. The second kappa shape index (κ2) is 8.47. The lowest BCUT2D eigenvalue weighted by molar-refractivity contribution is 0.102. The fraction of sp³-hybridized carbons (Fsp3) is 0.350. The maximum Gasteiger partial charge on any atom is 0.255 e. The van der Waals surface area contributed by atoms with Crippen LogP contribution in [0, 0.1) is 5.92 Å². The number of amides is 1. The van der Waals surface area contributed by atoms with Gasteiger partial charge in [-0.25, -0.2) is 13.1 Å². The van der Waals surface area contributed by atoms with Gasteiger partial charge in [-0.2, -0.15) is 0 Å². The summed E-state index contributed by atoms with van der Waals surface area (Å²) in [6.07, 6.45) is 0. The zero-order valence-electron chi connectivity index (χ0n) is 15.6. The first-order valence-corrected chi connectivity index (χ1v) is 10.2. The molecule has 2 aromatic carbocycles. The van der Waals surface area contributed by atoms with Crippen molar-refractivity contribution < 1.29 is 13.2 Å². The number of sulfonamides is 1. The minimum atomic E-state index is -3.63. The van der Waals surface area contributed by atoms with E-state index in [2.05, 4.69) is 23.9 Å². The van der Waals surface area contributed by atoms with Crippen LogP contribution in [0.1, 0.15) is 49.5 Å². The van der Waals surface area contributed by atoms with Gasteiger partial charge < -0.3 is 5.32 Å². The third kappa shape index (κ3) is 5.41. The fourth-order valence-electron chi connectivity index (χ4n) is 2.32. The van der Waals surface area contributed by atoms with Gasteiger partial charge >= 0.3 is 0 Å². The van der Waals surface area contributed by atoms with Crippen LogP contribution in [-0.2, 0) is 10.0 Å². The summed E-state index contributed by atoms with van der Waals surface area (Å²) < 4.78 is 27.2. The Morgan fingerprint density at radius 3 is 2.23 bits per heavy atom. The summed E-state index contributed by atoms with van der Waals surface area (Å²) in [5.41, 5.74) is 2.16. The molecule has 0 aliphatic heterocycles. The minimum absolute atomic E-state index is 0.0842. The Bertz CT molecular complexity index is 857. The van der Waals surface area contributed by atoms with Crippen molar-refractivity contribution in [2.75, 3.05) is 11.9 Å². The number of rotatable bonds is 7. The van der Waals surface area contributed by atoms with Crippen LogP contribution in [0.25, 0.3) is 0 Å². The highest BCUT2D eigenvalue weighted by Crippen LogP contribution is 2.18. The third-order valence-corrected chi connectivity index (χ3v) is 5.34. The van der Waals surface area contributed by atoms with Gasteiger partial charge in [0.05, 0.1) is 4.90 Å². The highest BCUT2D eigenvalue weighted by atomic mass is 32.2. The zero-order chi connectivity index (χ0) is 19.3. The van der Waals surface area contributed by atoms with Gasteiger partial charge in [0.25, 0.3) is 5.91 Å². The highest BCUT2D eigenvalue weighted by molar-refractivity contribution is 7.89. The molecule has 0 unspecified atom stereocenters. The van der Waals surface area contributed by atoms with Crippen LogP contribution in [0.15, 0.2) is 53.4 Å². The van der Waals surface area contributed by atoms with Gasteiger partial charge in [-0.15, -0.1) is 0 Å². The van der Waals surface area contributed by atoms with Gasteiger partial charge in [-0.05, 0) is 47.7 Å². The van der Waals surface area contributed by atoms with E-state index in [1.165, 1.54) is 17.7 Å². The molecule has 0 atom stereocenters. The SMILES string of the molecule is CC(C)CNS(=O)(=O)c1cccc(C(=O)Nc2ccc(C(C)C)cc2)c1. The van der Waals surface area contributed by atoms with E-state index in [0.29, 0.717) is 23.7 Å². The first-order valence-electron chi connectivity index (χ1n) is 8.70. The number of nitrogens with one attached hydrogen (secondary N) is 2. The molecule has 0 saturated heterocycles. The predicted octanol–water partition coefficient (Wildman–Crippen LogP) is 4.00. The highest BCUT2D eigenvalue weighted by Gasteiger charge is 2.16. The molecule has 1 amide bonds. The summed E-state index contributed by atoms with van der Waals surface area (Å²) in [4.78, 5) is 12.5. The van der Waals surface area contributed by atoms with E-state index in [1.807, 2.05) is 38.1 Å². The normalized spacial score (nSPS) is 11.8. The molecule has 2 rings (SSSR count). The number of benzene rings is 2. The number of carbonyl (C=O) groups is 1. The number of hydrogen-bond acceptors (Lipinski definition) is 3. The summed E-state index contributed by atoms with van der Waals surface area (Å²) in [5.74, 6) is 0.272. The van der Waals surface area contributed by atoms with Crippen molar-refractivity contribution in [3.8, 4) is 0 Å². The van der Waals surface area contributed by atoms with Gasteiger partial charge in [0.15, 0.2) is 0 Å². The van der Waals surface area contributed by atoms with Crippen LogP contribution in [-0.4, -0.2) is 20.9 Å². The van der Waals surface area contributed by atoms with Crippen LogP contribution in [0.5, 0.6) is 0 Å². The van der Waals surface area contributed by atoms with Crippen molar-refractivity contribution >= 4 is 21.6 Å². The standard InChI is InChI=1S/C20H26N2O3S/c1-14(2)13-21-26(24,25)19-7-5-6-17(12-19)20(23)22-18-10-8-16(9-11-18)15(3)4/h5-12,14-15,21H,13H2,1-4H3,(H,22,23). The Labute approximate surface area is 155 Å². The molecule has 0 aliphatic rings. The summed E-state index contributed by atoms with van der Waals surface area (Å²) >= 11 is 0. The maximum absolute atomic E-state index is 12.5. The van der Waals surface area contributed by atoms with E-state index in [1.54, 1.807) is 12.1 Å². The fourth-order valence-corrected chi connectivity index (χ4v) is 3.58. The van der Waals surface area contributed by atoms with Crippen LogP contribution >= 0.6 is 0 Å². The molecular formula is C20H26N2O3S. The number of anilines is 1. The van der Waals surface area contributed by atoms with E-state index in [0.717, 1.165) is 0 Å².